The molecule has 0 aromatic heterocycles. The number of ether oxygens (including phenoxy) is 1. The maximum absolute atomic E-state index is 12.9. The Labute approximate surface area is 180 Å². The van der Waals surface area contributed by atoms with Crippen molar-refractivity contribution in [2.75, 3.05) is 48.9 Å². The summed E-state index contributed by atoms with van der Waals surface area (Å²) in [6, 6.07) is 11.0. The van der Waals surface area contributed by atoms with E-state index in [1.807, 2.05) is 30.1 Å². The van der Waals surface area contributed by atoms with Crippen LogP contribution in [0.25, 0.3) is 0 Å². The molecule has 158 valence electrons. The number of methoxy groups -OCH3 is 1. The van der Waals surface area contributed by atoms with Crippen LogP contribution in [0.15, 0.2) is 36.4 Å². The van der Waals surface area contributed by atoms with Crippen LogP contribution in [0.3, 0.4) is 0 Å². The van der Waals surface area contributed by atoms with Crippen LogP contribution in [0.2, 0.25) is 5.02 Å². The molecule has 4 rings (SSSR count). The monoisotopic (exact) mass is 428 g/mol. The van der Waals surface area contributed by atoms with Crippen LogP contribution in [-0.2, 0) is 4.79 Å². The number of anilines is 3. The predicted octanol–water partition coefficient (Wildman–Crippen LogP) is 3.14. The van der Waals surface area contributed by atoms with E-state index < -0.39 is 0 Å². The van der Waals surface area contributed by atoms with Crippen LogP contribution < -0.4 is 25.2 Å². The van der Waals surface area contributed by atoms with Crippen molar-refractivity contribution >= 4 is 40.5 Å². The van der Waals surface area contributed by atoms with Crippen molar-refractivity contribution in [1.82, 2.24) is 5.32 Å². The molecule has 2 aromatic rings. The van der Waals surface area contributed by atoms with Crippen molar-refractivity contribution in [2.45, 2.75) is 18.9 Å². The lowest BCUT2D eigenvalue weighted by Crippen LogP contribution is -2.37. The number of nitrogens with zero attached hydrogens (tertiary/aromatic N) is 2. The number of benzene rings is 2. The first kappa shape index (κ1) is 20.3. The fourth-order valence-electron chi connectivity index (χ4n) is 3.99. The lowest BCUT2D eigenvalue weighted by molar-refractivity contribution is -0.115. The van der Waals surface area contributed by atoms with Gasteiger partial charge in [0.2, 0.25) is 5.91 Å². The van der Waals surface area contributed by atoms with Gasteiger partial charge in [0.15, 0.2) is 0 Å². The number of hydrogen-bond donors (Lipinski definition) is 2. The lowest BCUT2D eigenvalue weighted by atomic mass is 10.1. The van der Waals surface area contributed by atoms with Gasteiger partial charge in [0, 0.05) is 49.7 Å². The summed E-state index contributed by atoms with van der Waals surface area (Å²) in [6.45, 7) is 2.12. The second-order valence-corrected chi connectivity index (χ2v) is 8.11. The van der Waals surface area contributed by atoms with E-state index in [1.54, 1.807) is 25.3 Å². The smallest absolute Gasteiger partial charge is 0.251 e. The summed E-state index contributed by atoms with van der Waals surface area (Å²) in [6.07, 6.45) is 1.25. The minimum atomic E-state index is -0.149. The van der Waals surface area contributed by atoms with E-state index in [0.717, 1.165) is 30.1 Å². The summed E-state index contributed by atoms with van der Waals surface area (Å²) >= 11 is 6.16. The topological polar surface area (TPSA) is 73.9 Å². The van der Waals surface area contributed by atoms with Crippen LogP contribution in [0.1, 0.15) is 23.2 Å². The van der Waals surface area contributed by atoms with Gasteiger partial charge in [-0.3, -0.25) is 9.59 Å². The van der Waals surface area contributed by atoms with Crippen LogP contribution >= 0.6 is 11.6 Å². The Kier molecular flexibility index (Phi) is 5.72. The average Bonchev–Trinajstić information content (AvgIpc) is 3.14. The molecule has 0 saturated carbocycles. The van der Waals surface area contributed by atoms with Crippen LogP contribution in [0.5, 0.6) is 5.75 Å². The molecule has 0 aliphatic carbocycles. The Morgan fingerprint density at radius 1 is 1.20 bits per heavy atom. The maximum atomic E-state index is 12.9. The molecule has 2 N–H and O–H groups in total. The molecule has 1 fully saturated rings. The maximum Gasteiger partial charge on any atom is 0.251 e. The first-order valence-electron chi connectivity index (χ1n) is 9.99. The highest BCUT2D eigenvalue weighted by atomic mass is 35.5. The molecule has 2 heterocycles. The van der Waals surface area contributed by atoms with Crippen molar-refractivity contribution < 1.29 is 14.3 Å². The van der Waals surface area contributed by atoms with Gasteiger partial charge in [-0.05, 0) is 42.8 Å². The molecular weight excluding hydrogens is 404 g/mol. The van der Waals surface area contributed by atoms with Gasteiger partial charge in [0.25, 0.3) is 5.91 Å². The summed E-state index contributed by atoms with van der Waals surface area (Å²) in [5.74, 6) is 0.570. The summed E-state index contributed by atoms with van der Waals surface area (Å²) in [7, 11) is 3.58. The second-order valence-electron chi connectivity index (χ2n) is 7.67. The van der Waals surface area contributed by atoms with Crippen molar-refractivity contribution in [2.24, 2.45) is 0 Å². The zero-order chi connectivity index (χ0) is 21.3. The normalized spacial score (nSPS) is 18.5. The minimum absolute atomic E-state index is 0.0114. The van der Waals surface area contributed by atoms with Crippen molar-refractivity contribution in [3.63, 3.8) is 0 Å². The Balaban J connectivity index is 1.45. The number of carbonyl (C=O) groups is 2. The van der Waals surface area contributed by atoms with Gasteiger partial charge in [0.05, 0.1) is 24.2 Å². The van der Waals surface area contributed by atoms with Gasteiger partial charge >= 0.3 is 0 Å². The summed E-state index contributed by atoms with van der Waals surface area (Å²) in [5.41, 5.74) is 3.04. The molecule has 0 bridgehead atoms. The number of nitrogens with one attached hydrogen (secondary N) is 2. The van der Waals surface area contributed by atoms with E-state index >= 15 is 0 Å². The summed E-state index contributed by atoms with van der Waals surface area (Å²) in [4.78, 5) is 29.0. The lowest BCUT2D eigenvalue weighted by Gasteiger charge is -2.22. The minimum Gasteiger partial charge on any atom is -0.495 e. The molecule has 2 aromatic carbocycles. The van der Waals surface area contributed by atoms with E-state index in [-0.39, 0.29) is 17.9 Å². The molecule has 2 aliphatic heterocycles. The summed E-state index contributed by atoms with van der Waals surface area (Å²) in [5, 5.41) is 6.65. The SMILES string of the molecule is COc1ccc(Cl)cc1N1CC[C@H](NC(=O)c2ccc3c(c2)NC(=O)CCN3C)C1. The third-order valence-corrected chi connectivity index (χ3v) is 5.86. The van der Waals surface area contributed by atoms with Crippen molar-refractivity contribution in [3.05, 3.63) is 47.0 Å². The Bertz CT molecular complexity index is 981. The molecule has 1 atom stereocenters. The van der Waals surface area contributed by atoms with E-state index in [1.165, 1.54) is 0 Å². The zero-order valence-corrected chi connectivity index (χ0v) is 17.8. The van der Waals surface area contributed by atoms with Gasteiger partial charge in [-0.15, -0.1) is 0 Å². The molecule has 0 radical (unpaired) electrons. The third-order valence-electron chi connectivity index (χ3n) is 5.62. The predicted molar refractivity (Wildman–Crippen MR) is 119 cm³/mol. The molecule has 2 aliphatic rings. The second kappa shape index (κ2) is 8.44. The fourth-order valence-corrected chi connectivity index (χ4v) is 4.15. The van der Waals surface area contributed by atoms with Gasteiger partial charge in [-0.2, -0.15) is 0 Å². The highest BCUT2D eigenvalue weighted by Gasteiger charge is 2.27. The quantitative estimate of drug-likeness (QED) is 0.782. The van der Waals surface area contributed by atoms with Gasteiger partial charge in [-0.1, -0.05) is 11.6 Å². The van der Waals surface area contributed by atoms with Crippen LogP contribution in [0.4, 0.5) is 17.1 Å². The molecular formula is C22H25ClN4O3. The van der Waals surface area contributed by atoms with E-state index in [0.29, 0.717) is 35.8 Å². The van der Waals surface area contributed by atoms with Crippen molar-refractivity contribution in [1.29, 1.82) is 0 Å². The molecule has 0 unspecified atom stereocenters. The molecule has 30 heavy (non-hydrogen) atoms. The van der Waals surface area contributed by atoms with E-state index in [9.17, 15) is 9.59 Å². The number of carbonyl (C=O) groups excluding carboxylic acids is 2. The van der Waals surface area contributed by atoms with Gasteiger partial charge in [-0.25, -0.2) is 0 Å². The van der Waals surface area contributed by atoms with E-state index in [2.05, 4.69) is 15.5 Å². The summed E-state index contributed by atoms with van der Waals surface area (Å²) < 4.78 is 5.45. The molecule has 7 nitrogen and oxygen atoms in total. The highest BCUT2D eigenvalue weighted by molar-refractivity contribution is 6.31. The fraction of sp³-hybridized carbons (Fsp3) is 0.364. The number of hydrogen-bond acceptors (Lipinski definition) is 5. The van der Waals surface area contributed by atoms with Gasteiger partial charge in [0.1, 0.15) is 5.75 Å². The van der Waals surface area contributed by atoms with Crippen LogP contribution in [-0.4, -0.2) is 51.6 Å². The largest absolute Gasteiger partial charge is 0.495 e. The Morgan fingerprint density at radius 2 is 2.03 bits per heavy atom. The van der Waals surface area contributed by atoms with Crippen LogP contribution in [0, 0.1) is 0 Å². The number of fused-ring (bicyclic) bond motifs is 1. The molecule has 2 amide bonds. The zero-order valence-electron chi connectivity index (χ0n) is 17.1. The molecule has 8 heteroatoms. The number of amides is 2. The molecule has 0 spiro atoms. The highest BCUT2D eigenvalue weighted by Crippen LogP contribution is 2.33. The van der Waals surface area contributed by atoms with Crippen molar-refractivity contribution in [3.8, 4) is 5.75 Å². The first-order chi connectivity index (χ1) is 14.4. The standard InChI is InChI=1S/C22H25ClN4O3/c1-26-9-8-21(28)25-17-11-14(3-5-18(17)26)22(29)24-16-7-10-27(13-16)19-12-15(23)4-6-20(19)30-2/h3-6,11-12,16H,7-10,13H2,1-2H3,(H,24,29)(H,25,28)/t16-/m0/s1. The number of rotatable bonds is 4. The number of halogens is 1. The van der Waals surface area contributed by atoms with Gasteiger partial charge < -0.3 is 25.2 Å². The third kappa shape index (κ3) is 4.16. The first-order valence-corrected chi connectivity index (χ1v) is 10.4. The van der Waals surface area contributed by atoms with E-state index in [4.69, 9.17) is 16.3 Å². The molecule has 1 saturated heterocycles. The average molecular weight is 429 g/mol. The Morgan fingerprint density at radius 3 is 2.83 bits per heavy atom. The Hall–Kier alpha value is -2.93.